The Morgan fingerprint density at radius 3 is 2.14 bits per heavy atom. The lowest BCUT2D eigenvalue weighted by Gasteiger charge is -2.08. The van der Waals surface area contributed by atoms with Gasteiger partial charge in [0.2, 0.25) is 0 Å². The maximum absolute atomic E-state index is 13.2. The summed E-state index contributed by atoms with van der Waals surface area (Å²) >= 11 is 0. The van der Waals surface area contributed by atoms with Gasteiger partial charge in [-0.2, -0.15) is 0 Å². The van der Waals surface area contributed by atoms with Gasteiger partial charge in [-0.1, -0.05) is 24.3 Å². The molecule has 0 fully saturated rings. The standard InChI is InChI=1S/C27H18F2N2O4S/c28-20-6-4-17(5-7-20)18-2-1-3-24(15-18)36(33,34)31-27(32)26-16-19-14-23(12-13-25(19)30-26)35-22-10-8-21(29)9-11-22/h1-16,30H,(H,31,32). The van der Waals surface area contributed by atoms with Gasteiger partial charge in [-0.25, -0.2) is 21.9 Å². The van der Waals surface area contributed by atoms with Gasteiger partial charge < -0.3 is 9.72 Å². The number of aromatic amines is 1. The molecule has 5 rings (SSSR count). The zero-order valence-corrected chi connectivity index (χ0v) is 19.4. The van der Waals surface area contributed by atoms with Gasteiger partial charge in [-0.3, -0.25) is 4.79 Å². The SMILES string of the molecule is O=C(NS(=O)(=O)c1cccc(-c2ccc(F)cc2)c1)c1cc2cc(Oc3ccc(F)cc3)ccc2[nH]1. The average Bonchev–Trinajstić information content (AvgIpc) is 3.30. The molecule has 0 aliphatic rings. The van der Waals surface area contributed by atoms with E-state index in [1.807, 2.05) is 0 Å². The lowest BCUT2D eigenvalue weighted by molar-refractivity contribution is 0.0977. The molecule has 180 valence electrons. The van der Waals surface area contributed by atoms with E-state index in [1.54, 1.807) is 30.3 Å². The number of sulfonamides is 1. The number of aromatic nitrogens is 1. The van der Waals surface area contributed by atoms with E-state index in [4.69, 9.17) is 4.74 Å². The van der Waals surface area contributed by atoms with Gasteiger partial charge in [0.05, 0.1) is 4.90 Å². The zero-order chi connectivity index (χ0) is 25.3. The molecule has 4 aromatic carbocycles. The Hall–Kier alpha value is -4.50. The van der Waals surface area contributed by atoms with E-state index in [0.29, 0.717) is 33.5 Å². The number of rotatable bonds is 6. The van der Waals surface area contributed by atoms with E-state index in [2.05, 4.69) is 9.71 Å². The van der Waals surface area contributed by atoms with Crippen LogP contribution in [0.1, 0.15) is 10.5 Å². The summed E-state index contributed by atoms with van der Waals surface area (Å²) in [6.07, 6.45) is 0. The molecule has 0 saturated carbocycles. The second-order valence-corrected chi connectivity index (χ2v) is 9.64. The highest BCUT2D eigenvalue weighted by Gasteiger charge is 2.21. The Kier molecular flexibility index (Phi) is 5.99. The summed E-state index contributed by atoms with van der Waals surface area (Å²) in [5.74, 6) is -0.707. The van der Waals surface area contributed by atoms with Gasteiger partial charge in [0.1, 0.15) is 28.8 Å². The first kappa shape index (κ1) is 23.3. The third-order valence-electron chi connectivity index (χ3n) is 5.44. The molecule has 5 aromatic rings. The molecule has 2 N–H and O–H groups in total. The van der Waals surface area contributed by atoms with Crippen LogP contribution >= 0.6 is 0 Å². The van der Waals surface area contributed by atoms with Crippen molar-refractivity contribution in [2.45, 2.75) is 4.90 Å². The molecule has 0 atom stereocenters. The first-order valence-electron chi connectivity index (χ1n) is 10.8. The van der Waals surface area contributed by atoms with Crippen LogP contribution in [0.2, 0.25) is 0 Å². The minimum Gasteiger partial charge on any atom is -0.457 e. The molecule has 1 aromatic heterocycles. The Bertz CT molecular complexity index is 1680. The molecule has 6 nitrogen and oxygen atoms in total. The van der Waals surface area contributed by atoms with Crippen molar-refractivity contribution in [3.05, 3.63) is 114 Å². The Balaban J connectivity index is 1.35. The number of halogens is 2. The van der Waals surface area contributed by atoms with Crippen LogP contribution < -0.4 is 9.46 Å². The number of benzene rings is 4. The van der Waals surface area contributed by atoms with E-state index in [1.165, 1.54) is 66.7 Å². The van der Waals surface area contributed by atoms with E-state index in [0.717, 1.165) is 0 Å². The monoisotopic (exact) mass is 504 g/mol. The van der Waals surface area contributed by atoms with Crippen molar-refractivity contribution in [1.29, 1.82) is 0 Å². The average molecular weight is 505 g/mol. The lowest BCUT2D eigenvalue weighted by Crippen LogP contribution is -2.30. The molecule has 0 radical (unpaired) electrons. The number of carbonyl (C=O) groups is 1. The van der Waals surface area contributed by atoms with Crippen molar-refractivity contribution in [1.82, 2.24) is 9.71 Å². The lowest BCUT2D eigenvalue weighted by atomic mass is 10.1. The molecule has 9 heteroatoms. The summed E-state index contributed by atoms with van der Waals surface area (Å²) in [5.41, 5.74) is 1.84. The van der Waals surface area contributed by atoms with Gasteiger partial charge in [-0.05, 0) is 83.9 Å². The summed E-state index contributed by atoms with van der Waals surface area (Å²) < 4.78 is 59.9. The number of amides is 1. The maximum atomic E-state index is 13.2. The van der Waals surface area contributed by atoms with Crippen LogP contribution in [0.5, 0.6) is 11.5 Å². The molecule has 0 bridgehead atoms. The second-order valence-electron chi connectivity index (χ2n) is 7.96. The van der Waals surface area contributed by atoms with Gasteiger partial charge >= 0.3 is 0 Å². The number of hydrogen-bond donors (Lipinski definition) is 2. The largest absolute Gasteiger partial charge is 0.457 e. The minimum absolute atomic E-state index is 0.0437. The number of carbonyl (C=O) groups excluding carboxylic acids is 1. The van der Waals surface area contributed by atoms with Crippen LogP contribution in [0.25, 0.3) is 22.0 Å². The van der Waals surface area contributed by atoms with Gasteiger partial charge in [0.15, 0.2) is 0 Å². The van der Waals surface area contributed by atoms with Crippen LogP contribution in [0.3, 0.4) is 0 Å². The topological polar surface area (TPSA) is 88.3 Å². The molecular weight excluding hydrogens is 486 g/mol. The summed E-state index contributed by atoms with van der Waals surface area (Å²) in [7, 11) is -4.19. The van der Waals surface area contributed by atoms with Crippen molar-refractivity contribution in [2.75, 3.05) is 0 Å². The quantitative estimate of drug-likeness (QED) is 0.296. The van der Waals surface area contributed by atoms with E-state index < -0.39 is 21.7 Å². The third-order valence-corrected chi connectivity index (χ3v) is 6.76. The van der Waals surface area contributed by atoms with Crippen molar-refractivity contribution in [2.24, 2.45) is 0 Å². The molecule has 0 aliphatic carbocycles. The normalized spacial score (nSPS) is 11.4. The molecule has 1 amide bonds. The number of H-pyrrole nitrogens is 1. The van der Waals surface area contributed by atoms with Crippen LogP contribution in [-0.2, 0) is 10.0 Å². The van der Waals surface area contributed by atoms with Crippen LogP contribution in [-0.4, -0.2) is 19.3 Å². The van der Waals surface area contributed by atoms with E-state index >= 15 is 0 Å². The molecule has 0 aliphatic heterocycles. The number of nitrogens with one attached hydrogen (secondary N) is 2. The first-order valence-corrected chi connectivity index (χ1v) is 12.2. The second kappa shape index (κ2) is 9.27. The smallest absolute Gasteiger partial charge is 0.281 e. The molecule has 0 spiro atoms. The molecule has 36 heavy (non-hydrogen) atoms. The van der Waals surface area contributed by atoms with E-state index in [9.17, 15) is 22.0 Å². The predicted molar refractivity (Wildman–Crippen MR) is 131 cm³/mol. The summed E-state index contributed by atoms with van der Waals surface area (Å²) in [5, 5.41) is 0.621. The summed E-state index contributed by atoms with van der Waals surface area (Å²) in [4.78, 5) is 15.6. The van der Waals surface area contributed by atoms with Gasteiger partial charge in [0.25, 0.3) is 15.9 Å². The fourth-order valence-electron chi connectivity index (χ4n) is 3.66. The number of fused-ring (bicyclic) bond motifs is 1. The van der Waals surface area contributed by atoms with Crippen molar-refractivity contribution < 1.29 is 26.7 Å². The number of hydrogen-bond acceptors (Lipinski definition) is 4. The predicted octanol–water partition coefficient (Wildman–Crippen LogP) is 6.02. The molecule has 0 unspecified atom stereocenters. The maximum Gasteiger partial charge on any atom is 0.281 e. The van der Waals surface area contributed by atoms with Crippen molar-refractivity contribution in [3.63, 3.8) is 0 Å². The van der Waals surface area contributed by atoms with Crippen LogP contribution in [0, 0.1) is 11.6 Å². The van der Waals surface area contributed by atoms with E-state index in [-0.39, 0.29) is 16.4 Å². The molecule has 1 heterocycles. The Morgan fingerprint density at radius 2 is 1.42 bits per heavy atom. The molecular formula is C27H18F2N2O4S. The number of ether oxygens (including phenoxy) is 1. The van der Waals surface area contributed by atoms with Gasteiger partial charge in [-0.15, -0.1) is 0 Å². The summed E-state index contributed by atoms with van der Waals surface area (Å²) in [6.45, 7) is 0. The zero-order valence-electron chi connectivity index (χ0n) is 18.5. The Morgan fingerprint density at radius 1 is 0.750 bits per heavy atom. The minimum atomic E-state index is -4.19. The van der Waals surface area contributed by atoms with Gasteiger partial charge in [0, 0.05) is 10.9 Å². The van der Waals surface area contributed by atoms with Crippen LogP contribution in [0.15, 0.2) is 102 Å². The third kappa shape index (κ3) is 4.96. The van der Waals surface area contributed by atoms with Crippen LogP contribution in [0.4, 0.5) is 8.78 Å². The highest BCUT2D eigenvalue weighted by atomic mass is 32.2. The highest BCUT2D eigenvalue weighted by molar-refractivity contribution is 7.90. The molecule has 0 saturated heterocycles. The first-order chi connectivity index (χ1) is 17.3. The summed E-state index contributed by atoms with van der Waals surface area (Å²) in [6, 6.07) is 23.7. The fourth-order valence-corrected chi connectivity index (χ4v) is 4.67. The van der Waals surface area contributed by atoms with Crippen molar-refractivity contribution in [3.8, 4) is 22.6 Å². The Labute approximate surface area is 205 Å². The highest BCUT2D eigenvalue weighted by Crippen LogP contribution is 2.27. The van der Waals surface area contributed by atoms with Crippen molar-refractivity contribution >= 4 is 26.8 Å². The fraction of sp³-hybridized carbons (Fsp3) is 0.